The molecule has 1 N–H and O–H groups in total. The number of nitrogens with zero attached hydrogens (tertiary/aromatic N) is 2. The highest BCUT2D eigenvalue weighted by atomic mass is 35.5. The third-order valence-electron chi connectivity index (χ3n) is 3.73. The van der Waals surface area contributed by atoms with Crippen LogP contribution in [0.3, 0.4) is 0 Å². The van der Waals surface area contributed by atoms with Crippen LogP contribution in [-0.2, 0) is 19.6 Å². The third-order valence-corrected chi connectivity index (χ3v) is 8.25. The van der Waals surface area contributed by atoms with Crippen molar-refractivity contribution in [1.82, 2.24) is 9.29 Å². The molecule has 1 aliphatic rings. The van der Waals surface area contributed by atoms with Gasteiger partial charge in [0.1, 0.15) is 4.90 Å². The normalized spacial score (nSPS) is 15.6. The number of aryl methyl sites for hydroxylation is 1. The van der Waals surface area contributed by atoms with E-state index in [1.807, 2.05) is 12.3 Å². The third kappa shape index (κ3) is 5.21. The largest absolute Gasteiger partial charge is 0.379 e. The molecular weight excluding hydrogens is 430 g/mol. The smallest absolute Gasteiger partial charge is 0.244 e. The molecule has 0 atom stereocenters. The van der Waals surface area contributed by atoms with Crippen molar-refractivity contribution in [2.75, 3.05) is 37.4 Å². The maximum absolute atomic E-state index is 12.8. The highest BCUT2D eigenvalue weighted by Crippen LogP contribution is 2.29. The molecule has 1 fully saturated rings. The summed E-state index contributed by atoms with van der Waals surface area (Å²) in [7, 11) is -3.75. The van der Waals surface area contributed by atoms with Crippen molar-refractivity contribution >= 4 is 56.3 Å². The summed E-state index contributed by atoms with van der Waals surface area (Å²) in [5.41, 5.74) is 1.30. The number of benzene rings is 1. The Morgan fingerprint density at radius 1 is 1.41 bits per heavy atom. The number of carbonyl (C=O) groups is 1. The number of morpholine rings is 1. The molecule has 27 heavy (non-hydrogen) atoms. The van der Waals surface area contributed by atoms with E-state index in [1.54, 1.807) is 6.07 Å². The minimum atomic E-state index is -3.75. The standard InChI is InChI=1S/C16H18ClN3O4S3/c1-11-9-25-16(18-11)26-10-15(21)19-12-2-3-13(17)14(8-12)27(22,23)20-4-6-24-7-5-20/h2-3,8-9H,4-7,10H2,1H3,(H,19,21). The molecule has 0 aliphatic carbocycles. The van der Waals surface area contributed by atoms with Crippen molar-refractivity contribution < 1.29 is 17.9 Å². The van der Waals surface area contributed by atoms with Gasteiger partial charge in [-0.25, -0.2) is 13.4 Å². The topological polar surface area (TPSA) is 88.6 Å². The van der Waals surface area contributed by atoms with Crippen molar-refractivity contribution in [2.24, 2.45) is 0 Å². The second-order valence-electron chi connectivity index (χ2n) is 5.75. The Morgan fingerprint density at radius 2 is 2.15 bits per heavy atom. The number of aromatic nitrogens is 1. The van der Waals surface area contributed by atoms with Gasteiger partial charge in [0.15, 0.2) is 4.34 Å². The number of anilines is 1. The van der Waals surface area contributed by atoms with Crippen LogP contribution in [0.4, 0.5) is 5.69 Å². The summed E-state index contributed by atoms with van der Waals surface area (Å²) in [4.78, 5) is 16.4. The van der Waals surface area contributed by atoms with Crippen molar-refractivity contribution in [3.8, 4) is 0 Å². The van der Waals surface area contributed by atoms with E-state index < -0.39 is 10.0 Å². The second-order valence-corrected chi connectivity index (χ2v) is 10.1. The van der Waals surface area contributed by atoms with Crippen LogP contribution in [-0.4, -0.2) is 55.7 Å². The Hall–Kier alpha value is -1.17. The molecule has 3 rings (SSSR count). The summed E-state index contributed by atoms with van der Waals surface area (Å²) in [6, 6.07) is 4.45. The predicted molar refractivity (Wildman–Crippen MR) is 107 cm³/mol. The number of amides is 1. The molecule has 1 aromatic heterocycles. The van der Waals surface area contributed by atoms with Gasteiger partial charge in [-0.15, -0.1) is 11.3 Å². The van der Waals surface area contributed by atoms with E-state index in [9.17, 15) is 13.2 Å². The van der Waals surface area contributed by atoms with Crippen LogP contribution in [0.2, 0.25) is 5.02 Å². The molecule has 0 spiro atoms. The van der Waals surface area contributed by atoms with Gasteiger partial charge in [0.25, 0.3) is 0 Å². The Kier molecular flexibility index (Phi) is 6.77. The quantitative estimate of drug-likeness (QED) is 0.685. The number of rotatable bonds is 6. The molecule has 0 unspecified atom stereocenters. The van der Waals surface area contributed by atoms with Crippen molar-refractivity contribution in [2.45, 2.75) is 16.2 Å². The summed E-state index contributed by atoms with van der Waals surface area (Å²) in [5, 5.41) is 4.75. The van der Waals surface area contributed by atoms with Gasteiger partial charge >= 0.3 is 0 Å². The first-order chi connectivity index (χ1) is 12.9. The number of hydrogen-bond acceptors (Lipinski definition) is 7. The number of carbonyl (C=O) groups excluding carboxylic acids is 1. The molecule has 1 amide bonds. The van der Waals surface area contributed by atoms with Gasteiger partial charge < -0.3 is 10.1 Å². The first-order valence-corrected chi connectivity index (χ1v) is 11.8. The van der Waals surface area contributed by atoms with Gasteiger partial charge in [0, 0.05) is 29.9 Å². The maximum atomic E-state index is 12.8. The van der Waals surface area contributed by atoms with Crippen molar-refractivity contribution in [1.29, 1.82) is 0 Å². The van der Waals surface area contributed by atoms with Crippen molar-refractivity contribution in [3.63, 3.8) is 0 Å². The summed E-state index contributed by atoms with van der Waals surface area (Å²) in [6.07, 6.45) is 0. The summed E-state index contributed by atoms with van der Waals surface area (Å²) >= 11 is 8.93. The van der Waals surface area contributed by atoms with E-state index in [2.05, 4.69) is 10.3 Å². The minimum absolute atomic E-state index is 0.0212. The SMILES string of the molecule is Cc1csc(SCC(=O)Nc2ccc(Cl)c(S(=O)(=O)N3CCOCC3)c2)n1. The van der Waals surface area contributed by atoms with Gasteiger partial charge in [-0.3, -0.25) is 4.79 Å². The van der Waals surface area contributed by atoms with Crippen LogP contribution in [0.25, 0.3) is 0 Å². The van der Waals surface area contributed by atoms with Gasteiger partial charge in [0.05, 0.1) is 24.0 Å². The Bertz CT molecular complexity index is 927. The van der Waals surface area contributed by atoms with E-state index in [0.717, 1.165) is 10.0 Å². The van der Waals surface area contributed by atoms with Gasteiger partial charge in [0.2, 0.25) is 15.9 Å². The maximum Gasteiger partial charge on any atom is 0.244 e. The number of thiazole rings is 1. The second kappa shape index (κ2) is 8.89. The molecule has 11 heteroatoms. The first-order valence-electron chi connectivity index (χ1n) is 8.08. The molecule has 0 saturated carbocycles. The molecule has 146 valence electrons. The van der Waals surface area contributed by atoms with Crippen LogP contribution in [0.15, 0.2) is 32.8 Å². The lowest BCUT2D eigenvalue weighted by Crippen LogP contribution is -2.40. The van der Waals surface area contributed by atoms with Gasteiger partial charge in [-0.2, -0.15) is 4.31 Å². The lowest BCUT2D eigenvalue weighted by molar-refractivity contribution is -0.113. The van der Waals surface area contributed by atoms with Crippen molar-refractivity contribution in [3.05, 3.63) is 34.3 Å². The fourth-order valence-electron chi connectivity index (χ4n) is 2.43. The van der Waals surface area contributed by atoms with Crippen LogP contribution < -0.4 is 5.32 Å². The zero-order valence-electron chi connectivity index (χ0n) is 14.5. The molecule has 0 radical (unpaired) electrons. The van der Waals surface area contributed by atoms with Crippen LogP contribution in [0.1, 0.15) is 5.69 Å². The fraction of sp³-hybridized carbons (Fsp3) is 0.375. The highest BCUT2D eigenvalue weighted by molar-refractivity contribution is 8.01. The number of sulfonamides is 1. The van der Waals surface area contributed by atoms with E-state index in [4.69, 9.17) is 16.3 Å². The number of halogens is 1. The summed E-state index contributed by atoms with van der Waals surface area (Å²) in [6.45, 7) is 3.14. The molecule has 7 nitrogen and oxygen atoms in total. The average molecular weight is 448 g/mol. The highest BCUT2D eigenvalue weighted by Gasteiger charge is 2.28. The summed E-state index contributed by atoms with van der Waals surface area (Å²) < 4.78 is 33.0. The molecule has 1 aromatic carbocycles. The monoisotopic (exact) mass is 447 g/mol. The molecular formula is C16H18ClN3O4S3. The Labute approximate surface area is 171 Å². The summed E-state index contributed by atoms with van der Waals surface area (Å²) in [5.74, 6) is -0.0638. The van der Waals surface area contributed by atoms with Crippen LogP contribution in [0.5, 0.6) is 0 Å². The average Bonchev–Trinajstić information content (AvgIpc) is 3.07. The first kappa shape index (κ1) is 20.6. The zero-order chi connectivity index (χ0) is 19.4. The fourth-order valence-corrected chi connectivity index (χ4v) is 5.99. The Morgan fingerprint density at radius 3 is 2.81 bits per heavy atom. The predicted octanol–water partition coefficient (Wildman–Crippen LogP) is 2.86. The number of hydrogen-bond donors (Lipinski definition) is 1. The number of ether oxygens (including phenoxy) is 1. The van der Waals surface area contributed by atoms with E-state index in [0.29, 0.717) is 18.9 Å². The van der Waals surface area contributed by atoms with Crippen LogP contribution in [0, 0.1) is 6.92 Å². The van der Waals surface area contributed by atoms with E-state index in [-0.39, 0.29) is 34.7 Å². The van der Waals surface area contributed by atoms with E-state index >= 15 is 0 Å². The molecule has 1 aliphatic heterocycles. The van der Waals surface area contributed by atoms with E-state index in [1.165, 1.54) is 39.5 Å². The molecule has 1 saturated heterocycles. The van der Waals surface area contributed by atoms with Gasteiger partial charge in [-0.05, 0) is 25.1 Å². The number of thioether (sulfide) groups is 1. The zero-order valence-corrected chi connectivity index (χ0v) is 17.7. The molecule has 2 heterocycles. The Balaban J connectivity index is 1.69. The lowest BCUT2D eigenvalue weighted by Gasteiger charge is -2.26. The minimum Gasteiger partial charge on any atom is -0.379 e. The molecule has 2 aromatic rings. The van der Waals surface area contributed by atoms with Crippen LogP contribution >= 0.6 is 34.7 Å². The lowest BCUT2D eigenvalue weighted by atomic mass is 10.3. The molecule has 0 bridgehead atoms. The van der Waals surface area contributed by atoms with Gasteiger partial charge in [-0.1, -0.05) is 23.4 Å². The number of nitrogens with one attached hydrogen (secondary N) is 1.